The largest absolute Gasteiger partial charge is 0.495 e. The molecule has 1 amide bonds. The van der Waals surface area contributed by atoms with Gasteiger partial charge in [0.05, 0.1) is 12.8 Å². The topological polar surface area (TPSA) is 74.1 Å². The van der Waals surface area contributed by atoms with Crippen molar-refractivity contribution in [2.45, 2.75) is 13.8 Å². The molecule has 0 aromatic heterocycles. The average molecular weight is 356 g/mol. The molecule has 0 aliphatic rings. The first-order valence-electron chi connectivity index (χ1n) is 7.53. The fourth-order valence-electron chi connectivity index (χ4n) is 2.33. The van der Waals surface area contributed by atoms with Gasteiger partial charge in [-0.25, -0.2) is 0 Å². The van der Waals surface area contributed by atoms with E-state index in [-0.39, 0.29) is 5.57 Å². The minimum absolute atomic E-state index is 0.0683. The molecule has 0 atom stereocenters. The van der Waals surface area contributed by atoms with Crippen molar-refractivity contribution in [1.29, 1.82) is 5.26 Å². The van der Waals surface area contributed by atoms with Crippen molar-refractivity contribution >= 4 is 28.9 Å². The van der Waals surface area contributed by atoms with Gasteiger partial charge in [0.25, 0.3) is 5.91 Å². The molecule has 2 aromatic rings. The summed E-state index contributed by atoms with van der Waals surface area (Å²) >= 11 is 5.94. The Hall–Kier alpha value is -2.97. The smallest absolute Gasteiger partial charge is 0.267 e. The molecule has 6 heteroatoms. The van der Waals surface area contributed by atoms with E-state index in [0.29, 0.717) is 16.5 Å². The van der Waals surface area contributed by atoms with Gasteiger partial charge in [-0.15, -0.1) is 0 Å². The van der Waals surface area contributed by atoms with Crippen molar-refractivity contribution in [3.8, 4) is 11.8 Å². The van der Waals surface area contributed by atoms with E-state index in [1.54, 1.807) is 18.2 Å². The van der Waals surface area contributed by atoms with E-state index in [1.165, 1.54) is 13.3 Å². The number of methoxy groups -OCH3 is 1. The highest BCUT2D eigenvalue weighted by Gasteiger charge is 2.13. The van der Waals surface area contributed by atoms with Crippen LogP contribution in [0.15, 0.2) is 48.2 Å². The zero-order valence-corrected chi connectivity index (χ0v) is 14.9. The van der Waals surface area contributed by atoms with Crippen LogP contribution in [-0.4, -0.2) is 13.0 Å². The molecular weight excluding hydrogens is 338 g/mol. The minimum Gasteiger partial charge on any atom is -0.495 e. The third-order valence-corrected chi connectivity index (χ3v) is 3.61. The number of amides is 1. The maximum Gasteiger partial charge on any atom is 0.267 e. The molecule has 5 nitrogen and oxygen atoms in total. The van der Waals surface area contributed by atoms with Crippen molar-refractivity contribution in [3.05, 3.63) is 64.3 Å². The monoisotopic (exact) mass is 355 g/mol. The van der Waals surface area contributed by atoms with E-state index in [0.717, 1.165) is 16.8 Å². The molecule has 128 valence electrons. The van der Waals surface area contributed by atoms with Crippen molar-refractivity contribution in [2.24, 2.45) is 0 Å². The Morgan fingerprint density at radius 3 is 2.48 bits per heavy atom. The molecule has 0 saturated carbocycles. The molecule has 2 N–H and O–H groups in total. The number of anilines is 2. The van der Waals surface area contributed by atoms with Crippen molar-refractivity contribution < 1.29 is 9.53 Å². The lowest BCUT2D eigenvalue weighted by Gasteiger charge is -2.10. The number of hydrogen-bond donors (Lipinski definition) is 2. The Morgan fingerprint density at radius 1 is 1.20 bits per heavy atom. The van der Waals surface area contributed by atoms with Gasteiger partial charge in [0.2, 0.25) is 0 Å². The summed E-state index contributed by atoms with van der Waals surface area (Å²) in [5.74, 6) is -0.0998. The predicted octanol–water partition coefficient (Wildman–Crippen LogP) is 4.42. The first-order valence-corrected chi connectivity index (χ1v) is 7.90. The zero-order valence-electron chi connectivity index (χ0n) is 14.2. The van der Waals surface area contributed by atoms with Gasteiger partial charge in [0.1, 0.15) is 17.4 Å². The summed E-state index contributed by atoms with van der Waals surface area (Å²) in [5, 5.41) is 15.3. The average Bonchev–Trinajstić information content (AvgIpc) is 2.54. The summed E-state index contributed by atoms with van der Waals surface area (Å²) in [6, 6.07) is 12.6. The molecule has 0 bridgehead atoms. The fraction of sp³-hybridized carbons (Fsp3) is 0.158. The summed E-state index contributed by atoms with van der Waals surface area (Å²) < 4.78 is 5.18. The lowest BCUT2D eigenvalue weighted by Crippen LogP contribution is -2.15. The van der Waals surface area contributed by atoms with E-state index in [2.05, 4.69) is 10.6 Å². The number of carbonyl (C=O) groups is 1. The molecule has 2 aromatic carbocycles. The van der Waals surface area contributed by atoms with Crippen LogP contribution >= 0.6 is 11.6 Å². The van der Waals surface area contributed by atoms with E-state index in [9.17, 15) is 10.1 Å². The number of rotatable bonds is 5. The van der Waals surface area contributed by atoms with Crippen LogP contribution in [0.25, 0.3) is 0 Å². The summed E-state index contributed by atoms with van der Waals surface area (Å²) in [7, 11) is 1.49. The lowest BCUT2D eigenvalue weighted by molar-refractivity contribution is -0.112. The number of nitriles is 1. The van der Waals surface area contributed by atoms with Crippen molar-refractivity contribution in [1.82, 2.24) is 0 Å². The first kappa shape index (κ1) is 18.4. The van der Waals surface area contributed by atoms with Crippen molar-refractivity contribution in [3.63, 3.8) is 0 Å². The zero-order chi connectivity index (χ0) is 18.4. The van der Waals surface area contributed by atoms with Crippen LogP contribution in [0.3, 0.4) is 0 Å². The molecule has 0 fully saturated rings. The van der Waals surface area contributed by atoms with Gasteiger partial charge in [0.15, 0.2) is 0 Å². The second-order valence-corrected chi connectivity index (χ2v) is 5.93. The van der Waals surface area contributed by atoms with E-state index in [1.807, 2.05) is 38.1 Å². The van der Waals surface area contributed by atoms with Crippen LogP contribution in [0.1, 0.15) is 11.1 Å². The molecule has 0 spiro atoms. The quantitative estimate of drug-likeness (QED) is 0.615. The number of benzene rings is 2. The second-order valence-electron chi connectivity index (χ2n) is 5.49. The van der Waals surface area contributed by atoms with Gasteiger partial charge in [-0.3, -0.25) is 4.79 Å². The highest BCUT2D eigenvalue weighted by atomic mass is 35.5. The van der Waals surface area contributed by atoms with Gasteiger partial charge < -0.3 is 15.4 Å². The highest BCUT2D eigenvalue weighted by Crippen LogP contribution is 2.28. The number of aryl methyl sites for hydroxylation is 2. The summed E-state index contributed by atoms with van der Waals surface area (Å²) in [6.45, 7) is 3.95. The second kappa shape index (κ2) is 8.22. The van der Waals surface area contributed by atoms with Crippen LogP contribution in [0, 0.1) is 25.2 Å². The van der Waals surface area contributed by atoms with Gasteiger partial charge in [-0.2, -0.15) is 5.26 Å². The molecule has 2 rings (SSSR count). The van der Waals surface area contributed by atoms with Crippen molar-refractivity contribution in [2.75, 3.05) is 17.7 Å². The third kappa shape index (κ3) is 5.00. The Bertz CT molecular complexity index is 849. The van der Waals surface area contributed by atoms with Gasteiger partial charge >= 0.3 is 0 Å². The number of carbonyl (C=O) groups excluding carboxylic acids is 1. The molecule has 0 radical (unpaired) electrons. The van der Waals surface area contributed by atoms with E-state index >= 15 is 0 Å². The number of hydrogen-bond acceptors (Lipinski definition) is 4. The Morgan fingerprint density at radius 2 is 1.88 bits per heavy atom. The van der Waals surface area contributed by atoms with Gasteiger partial charge in [-0.1, -0.05) is 17.7 Å². The maximum atomic E-state index is 12.3. The number of nitrogens with one attached hydrogen (secondary N) is 2. The standard InChI is InChI=1S/C19H18ClN3O2/c1-12-6-13(2)8-16(7-12)22-11-14(10-21)19(24)23-17-9-15(20)4-5-18(17)25-3/h4-9,11,22H,1-3H3,(H,23,24)/b14-11-. The van der Waals surface area contributed by atoms with Crippen LogP contribution in [0.2, 0.25) is 5.02 Å². The summed E-state index contributed by atoms with van der Waals surface area (Å²) in [4.78, 5) is 12.3. The molecule has 0 saturated heterocycles. The Labute approximate surface area is 151 Å². The third-order valence-electron chi connectivity index (χ3n) is 3.38. The van der Waals surface area contributed by atoms with Crippen LogP contribution < -0.4 is 15.4 Å². The van der Waals surface area contributed by atoms with Crippen LogP contribution in [-0.2, 0) is 4.79 Å². The van der Waals surface area contributed by atoms with Gasteiger partial charge in [0, 0.05) is 16.9 Å². The molecule has 0 unspecified atom stereocenters. The SMILES string of the molecule is COc1ccc(Cl)cc1NC(=O)/C(C#N)=C\Nc1cc(C)cc(C)c1. The molecule has 25 heavy (non-hydrogen) atoms. The summed E-state index contributed by atoms with van der Waals surface area (Å²) in [5.41, 5.74) is 3.30. The fourth-order valence-corrected chi connectivity index (χ4v) is 2.50. The first-order chi connectivity index (χ1) is 11.9. The maximum absolute atomic E-state index is 12.3. The molecular formula is C19H18ClN3O2. The van der Waals surface area contributed by atoms with Gasteiger partial charge in [-0.05, 0) is 55.3 Å². The predicted molar refractivity (Wildman–Crippen MR) is 99.9 cm³/mol. The normalized spacial score (nSPS) is 10.8. The number of halogens is 1. The number of nitrogens with zero attached hydrogens (tertiary/aromatic N) is 1. The Balaban J connectivity index is 2.18. The van der Waals surface area contributed by atoms with Crippen LogP contribution in [0.4, 0.5) is 11.4 Å². The Kier molecular flexibility index (Phi) is 6.04. The number of ether oxygens (including phenoxy) is 1. The minimum atomic E-state index is -0.556. The van der Waals surface area contributed by atoms with E-state index in [4.69, 9.17) is 16.3 Å². The highest BCUT2D eigenvalue weighted by molar-refractivity contribution is 6.31. The molecule has 0 aliphatic carbocycles. The summed E-state index contributed by atoms with van der Waals surface area (Å²) in [6.07, 6.45) is 1.38. The molecule has 0 heterocycles. The van der Waals surface area contributed by atoms with Crippen LogP contribution in [0.5, 0.6) is 5.75 Å². The van der Waals surface area contributed by atoms with E-state index < -0.39 is 5.91 Å². The molecule has 0 aliphatic heterocycles. The lowest BCUT2D eigenvalue weighted by atomic mass is 10.1.